The number of rotatable bonds is 4. The normalized spacial score (nSPS) is 11.4. The number of amides is 1. The number of thiazole rings is 1. The highest BCUT2D eigenvalue weighted by atomic mass is 35.5. The van der Waals surface area contributed by atoms with E-state index in [2.05, 4.69) is 20.3 Å². The summed E-state index contributed by atoms with van der Waals surface area (Å²) in [5.41, 5.74) is -0.300. The number of hydrogen-bond donors (Lipinski definition) is 1. The van der Waals surface area contributed by atoms with Crippen LogP contribution < -0.4 is 5.32 Å². The minimum absolute atomic E-state index is 0.136. The van der Waals surface area contributed by atoms with Crippen molar-refractivity contribution in [2.75, 3.05) is 5.32 Å². The SMILES string of the molecule is O=C(Nc1ncc(Cc2ccc(Cl)c(C(F)(F)F)c2)s1)c1cnccn1. The molecule has 1 amide bonds. The van der Waals surface area contributed by atoms with Crippen LogP contribution in [0.15, 0.2) is 43.0 Å². The summed E-state index contributed by atoms with van der Waals surface area (Å²) in [4.78, 5) is 24.4. The average Bonchev–Trinajstić information content (AvgIpc) is 3.03. The van der Waals surface area contributed by atoms with Crippen LogP contribution in [-0.4, -0.2) is 20.9 Å². The van der Waals surface area contributed by atoms with Crippen molar-refractivity contribution >= 4 is 34.0 Å². The molecule has 2 heterocycles. The van der Waals surface area contributed by atoms with E-state index in [-0.39, 0.29) is 17.1 Å². The first-order chi connectivity index (χ1) is 12.3. The van der Waals surface area contributed by atoms with E-state index in [9.17, 15) is 18.0 Å². The van der Waals surface area contributed by atoms with E-state index in [1.165, 1.54) is 36.9 Å². The lowest BCUT2D eigenvalue weighted by Gasteiger charge is -2.10. The van der Waals surface area contributed by atoms with Crippen molar-refractivity contribution in [3.63, 3.8) is 0 Å². The molecule has 0 saturated carbocycles. The van der Waals surface area contributed by atoms with E-state index in [1.54, 1.807) is 0 Å². The number of nitrogens with zero attached hydrogens (tertiary/aromatic N) is 3. The molecular weight excluding hydrogens is 389 g/mol. The molecule has 1 aromatic carbocycles. The van der Waals surface area contributed by atoms with E-state index in [0.29, 0.717) is 15.6 Å². The number of halogens is 4. The van der Waals surface area contributed by atoms with Gasteiger partial charge in [0.15, 0.2) is 5.13 Å². The molecule has 0 aliphatic rings. The predicted octanol–water partition coefficient (Wildman–Crippen LogP) is 4.45. The average molecular weight is 399 g/mol. The topological polar surface area (TPSA) is 67.8 Å². The minimum Gasteiger partial charge on any atom is -0.296 e. The molecule has 134 valence electrons. The van der Waals surface area contributed by atoms with Crippen molar-refractivity contribution in [2.24, 2.45) is 0 Å². The molecule has 0 bridgehead atoms. The first-order valence-corrected chi connectivity index (χ1v) is 8.40. The zero-order chi connectivity index (χ0) is 18.7. The molecule has 3 aromatic rings. The summed E-state index contributed by atoms with van der Waals surface area (Å²) in [6.45, 7) is 0. The van der Waals surface area contributed by atoms with Gasteiger partial charge in [-0.2, -0.15) is 13.2 Å². The van der Waals surface area contributed by atoms with E-state index < -0.39 is 17.6 Å². The first-order valence-electron chi connectivity index (χ1n) is 7.20. The predicted molar refractivity (Wildman–Crippen MR) is 91.4 cm³/mol. The second-order valence-electron chi connectivity index (χ2n) is 5.17. The van der Waals surface area contributed by atoms with Gasteiger partial charge in [-0.05, 0) is 17.7 Å². The maximum Gasteiger partial charge on any atom is 0.417 e. The summed E-state index contributed by atoms with van der Waals surface area (Å²) >= 11 is 6.78. The van der Waals surface area contributed by atoms with Crippen LogP contribution in [0.4, 0.5) is 18.3 Å². The zero-order valence-electron chi connectivity index (χ0n) is 12.9. The number of hydrogen-bond acceptors (Lipinski definition) is 5. The summed E-state index contributed by atoms with van der Waals surface area (Å²) in [5, 5.41) is 2.55. The van der Waals surface area contributed by atoms with Crippen LogP contribution in [0.3, 0.4) is 0 Å². The maximum absolute atomic E-state index is 12.9. The summed E-state index contributed by atoms with van der Waals surface area (Å²) in [6.07, 6.45) is 1.37. The highest BCUT2D eigenvalue weighted by Gasteiger charge is 2.33. The Bertz CT molecular complexity index is 931. The van der Waals surface area contributed by atoms with Crippen molar-refractivity contribution in [3.05, 3.63) is 69.7 Å². The quantitative estimate of drug-likeness (QED) is 0.705. The van der Waals surface area contributed by atoms with Gasteiger partial charge in [0.05, 0.1) is 16.8 Å². The number of benzene rings is 1. The molecular formula is C16H10ClF3N4OS. The van der Waals surface area contributed by atoms with Crippen LogP contribution in [0.2, 0.25) is 5.02 Å². The summed E-state index contributed by atoms with van der Waals surface area (Å²) in [7, 11) is 0. The number of alkyl halides is 3. The van der Waals surface area contributed by atoms with Gasteiger partial charge in [0.25, 0.3) is 5.91 Å². The summed E-state index contributed by atoms with van der Waals surface area (Å²) in [6, 6.07) is 3.76. The van der Waals surface area contributed by atoms with Gasteiger partial charge < -0.3 is 0 Å². The van der Waals surface area contributed by atoms with Gasteiger partial charge in [-0.15, -0.1) is 11.3 Å². The molecule has 0 radical (unpaired) electrons. The second-order valence-corrected chi connectivity index (χ2v) is 6.69. The van der Waals surface area contributed by atoms with Crippen LogP contribution in [0.1, 0.15) is 26.5 Å². The number of aromatic nitrogens is 3. The van der Waals surface area contributed by atoms with Crippen LogP contribution in [0, 0.1) is 0 Å². The molecule has 26 heavy (non-hydrogen) atoms. The van der Waals surface area contributed by atoms with E-state index in [1.807, 2.05) is 0 Å². The Hall–Kier alpha value is -2.52. The molecule has 5 nitrogen and oxygen atoms in total. The number of anilines is 1. The molecule has 3 rings (SSSR count). The Morgan fingerprint density at radius 1 is 1.19 bits per heavy atom. The molecule has 0 atom stereocenters. The fourth-order valence-electron chi connectivity index (χ4n) is 2.13. The van der Waals surface area contributed by atoms with Crippen LogP contribution >= 0.6 is 22.9 Å². The lowest BCUT2D eigenvalue weighted by atomic mass is 10.1. The Morgan fingerprint density at radius 3 is 2.69 bits per heavy atom. The molecule has 2 aromatic heterocycles. The van der Waals surface area contributed by atoms with Crippen molar-refractivity contribution < 1.29 is 18.0 Å². The van der Waals surface area contributed by atoms with Gasteiger partial charge in [0.1, 0.15) is 5.69 Å². The van der Waals surface area contributed by atoms with Gasteiger partial charge in [0.2, 0.25) is 0 Å². The van der Waals surface area contributed by atoms with E-state index >= 15 is 0 Å². The van der Waals surface area contributed by atoms with Gasteiger partial charge in [-0.25, -0.2) is 9.97 Å². The Labute approximate surface area is 154 Å². The van der Waals surface area contributed by atoms with E-state index in [4.69, 9.17) is 11.6 Å². The van der Waals surface area contributed by atoms with Gasteiger partial charge >= 0.3 is 6.18 Å². The Morgan fingerprint density at radius 2 is 2.00 bits per heavy atom. The fourth-order valence-corrected chi connectivity index (χ4v) is 3.19. The standard InChI is InChI=1S/C16H10ClF3N4OS/c17-12-2-1-9(6-11(12)16(18,19)20)5-10-7-23-15(26-10)24-14(25)13-8-21-3-4-22-13/h1-4,6-8H,5H2,(H,23,24,25). The van der Waals surface area contributed by atoms with Crippen molar-refractivity contribution in [3.8, 4) is 0 Å². The third-order valence-electron chi connectivity index (χ3n) is 3.28. The third kappa shape index (κ3) is 4.36. The van der Waals surface area contributed by atoms with Gasteiger partial charge in [-0.3, -0.25) is 15.1 Å². The summed E-state index contributed by atoms with van der Waals surface area (Å²) in [5.74, 6) is -0.468. The number of nitrogens with one attached hydrogen (secondary N) is 1. The Kier molecular flexibility index (Phi) is 5.19. The highest BCUT2D eigenvalue weighted by Crippen LogP contribution is 2.35. The third-order valence-corrected chi connectivity index (χ3v) is 4.53. The van der Waals surface area contributed by atoms with E-state index in [0.717, 1.165) is 17.4 Å². The van der Waals surface area contributed by atoms with Gasteiger partial charge in [0, 0.05) is 29.9 Å². The largest absolute Gasteiger partial charge is 0.417 e. The summed E-state index contributed by atoms with van der Waals surface area (Å²) < 4.78 is 38.8. The molecule has 0 unspecified atom stereocenters. The smallest absolute Gasteiger partial charge is 0.296 e. The molecule has 0 fully saturated rings. The van der Waals surface area contributed by atoms with Crippen LogP contribution in [0.5, 0.6) is 0 Å². The minimum atomic E-state index is -4.52. The lowest BCUT2D eigenvalue weighted by molar-refractivity contribution is -0.137. The molecule has 0 saturated heterocycles. The van der Waals surface area contributed by atoms with Crippen molar-refractivity contribution in [2.45, 2.75) is 12.6 Å². The van der Waals surface area contributed by atoms with Crippen LogP contribution in [-0.2, 0) is 12.6 Å². The maximum atomic E-state index is 12.9. The highest BCUT2D eigenvalue weighted by molar-refractivity contribution is 7.15. The monoisotopic (exact) mass is 398 g/mol. The molecule has 0 aliphatic heterocycles. The van der Waals surface area contributed by atoms with Crippen LogP contribution in [0.25, 0.3) is 0 Å². The molecule has 0 spiro atoms. The van der Waals surface area contributed by atoms with Crippen molar-refractivity contribution in [1.82, 2.24) is 15.0 Å². The Balaban J connectivity index is 1.72. The molecule has 1 N–H and O–H groups in total. The lowest BCUT2D eigenvalue weighted by Crippen LogP contribution is -2.13. The second kappa shape index (κ2) is 7.38. The molecule has 0 aliphatic carbocycles. The number of carbonyl (C=O) groups excluding carboxylic acids is 1. The fraction of sp³-hybridized carbons (Fsp3) is 0.125. The zero-order valence-corrected chi connectivity index (χ0v) is 14.5. The first kappa shape index (κ1) is 18.3. The van der Waals surface area contributed by atoms with Crippen molar-refractivity contribution in [1.29, 1.82) is 0 Å². The van der Waals surface area contributed by atoms with Gasteiger partial charge in [-0.1, -0.05) is 17.7 Å². The molecule has 10 heteroatoms. The number of carbonyl (C=O) groups is 1.